The number of hydrogen-bond acceptors (Lipinski definition) is 4. The molecule has 0 spiro atoms. The van der Waals surface area contributed by atoms with Gasteiger partial charge in [0.2, 0.25) is 0 Å². The van der Waals surface area contributed by atoms with Gasteiger partial charge in [-0.2, -0.15) is 0 Å². The van der Waals surface area contributed by atoms with Gasteiger partial charge in [0.15, 0.2) is 6.29 Å². The topological polar surface area (TPSA) is 63.6 Å². The molecule has 0 amide bonds. The summed E-state index contributed by atoms with van der Waals surface area (Å²) < 4.78 is 4.59. The smallest absolute Gasteiger partial charge is 0.306 e. The van der Waals surface area contributed by atoms with E-state index in [0.717, 1.165) is 0 Å². The molecule has 1 fully saturated rings. The number of carbonyl (C=O) groups excluding carboxylic acids is 2. The number of aliphatic hydroxyl groups is 1. The molecule has 0 aliphatic carbocycles. The highest BCUT2D eigenvalue weighted by molar-refractivity contribution is 5.72. The van der Waals surface area contributed by atoms with Gasteiger partial charge in [-0.1, -0.05) is 0 Å². The largest absolute Gasteiger partial charge is 0.459 e. The predicted molar refractivity (Wildman–Crippen MR) is 31.2 cm³/mol. The van der Waals surface area contributed by atoms with Crippen molar-refractivity contribution in [1.82, 2.24) is 0 Å². The van der Waals surface area contributed by atoms with E-state index in [1.807, 2.05) is 0 Å². The Labute approximate surface area is 57.8 Å². The van der Waals surface area contributed by atoms with Crippen LogP contribution >= 0.6 is 0 Å². The predicted octanol–water partition coefficient (Wildman–Crippen LogP) is -0.748. The zero-order valence-electron chi connectivity index (χ0n) is 5.32. The highest BCUT2D eigenvalue weighted by Gasteiger charge is 2.29. The summed E-state index contributed by atoms with van der Waals surface area (Å²) in [7, 11) is 0. The summed E-state index contributed by atoms with van der Waals surface area (Å²) in [5, 5.41) is 8.83. The van der Waals surface area contributed by atoms with Crippen LogP contribution in [0.1, 0.15) is 12.8 Å². The van der Waals surface area contributed by atoms with Crippen molar-refractivity contribution in [3.05, 3.63) is 0 Å². The van der Waals surface area contributed by atoms with Gasteiger partial charge in [-0.05, 0) is 6.42 Å². The van der Waals surface area contributed by atoms with E-state index in [9.17, 15) is 9.59 Å². The Morgan fingerprint density at radius 3 is 2.90 bits per heavy atom. The first-order valence-corrected chi connectivity index (χ1v) is 3.07. The van der Waals surface area contributed by atoms with Gasteiger partial charge in [0.05, 0.1) is 0 Å². The molecule has 2 unspecified atom stereocenters. The van der Waals surface area contributed by atoms with Crippen molar-refractivity contribution in [2.45, 2.75) is 25.0 Å². The molecule has 0 aromatic rings. The minimum Gasteiger partial charge on any atom is -0.459 e. The Balaban J connectivity index is 2.43. The molecule has 1 aliphatic rings. The molecule has 1 N–H and O–H groups in total. The second-order valence-electron chi connectivity index (χ2n) is 2.19. The van der Waals surface area contributed by atoms with Crippen molar-refractivity contribution in [1.29, 1.82) is 0 Å². The summed E-state index contributed by atoms with van der Waals surface area (Å²) in [5.74, 6) is -0.342. The zero-order chi connectivity index (χ0) is 7.56. The maximum atomic E-state index is 10.4. The summed E-state index contributed by atoms with van der Waals surface area (Å²) in [6.07, 6.45) is -0.631. The van der Waals surface area contributed by atoms with E-state index in [1.54, 1.807) is 0 Å². The third-order valence-corrected chi connectivity index (χ3v) is 1.44. The van der Waals surface area contributed by atoms with Crippen LogP contribution in [0.2, 0.25) is 0 Å². The lowest BCUT2D eigenvalue weighted by Gasteiger charge is -2.09. The van der Waals surface area contributed by atoms with Gasteiger partial charge in [-0.25, -0.2) is 0 Å². The van der Waals surface area contributed by atoms with E-state index in [4.69, 9.17) is 5.11 Å². The van der Waals surface area contributed by atoms with E-state index in [-0.39, 0.29) is 5.97 Å². The van der Waals surface area contributed by atoms with Crippen LogP contribution in [-0.4, -0.2) is 29.6 Å². The van der Waals surface area contributed by atoms with Crippen LogP contribution in [0, 0.1) is 0 Å². The molecule has 1 heterocycles. The van der Waals surface area contributed by atoms with Crippen LogP contribution in [0.3, 0.4) is 0 Å². The molecule has 1 rings (SSSR count). The van der Waals surface area contributed by atoms with Gasteiger partial charge in [0, 0.05) is 6.42 Å². The third-order valence-electron chi connectivity index (χ3n) is 1.44. The first-order chi connectivity index (χ1) is 4.74. The summed E-state index contributed by atoms with van der Waals surface area (Å²) in [6, 6.07) is 0. The number of esters is 1. The van der Waals surface area contributed by atoms with Gasteiger partial charge in [0.1, 0.15) is 12.2 Å². The number of hydrogen-bond donors (Lipinski definition) is 1. The number of ether oxygens (including phenoxy) is 1. The maximum absolute atomic E-state index is 10.4. The molecule has 0 aromatic heterocycles. The SMILES string of the molecule is O=CC(O)C1CCC(=O)O1. The van der Waals surface area contributed by atoms with Gasteiger partial charge >= 0.3 is 5.97 Å². The van der Waals surface area contributed by atoms with Gasteiger partial charge in [-0.15, -0.1) is 0 Å². The lowest BCUT2D eigenvalue weighted by atomic mass is 10.1. The average molecular weight is 144 g/mol. The van der Waals surface area contributed by atoms with Gasteiger partial charge < -0.3 is 14.6 Å². The number of rotatable bonds is 2. The fourth-order valence-electron chi connectivity index (χ4n) is 0.875. The van der Waals surface area contributed by atoms with E-state index < -0.39 is 12.2 Å². The Morgan fingerprint density at radius 2 is 2.50 bits per heavy atom. The summed E-state index contributed by atoms with van der Waals surface area (Å²) >= 11 is 0. The highest BCUT2D eigenvalue weighted by Crippen LogP contribution is 2.15. The Bertz CT molecular complexity index is 154. The van der Waals surface area contributed by atoms with Crippen LogP contribution < -0.4 is 0 Å². The van der Waals surface area contributed by atoms with Crippen molar-refractivity contribution < 1.29 is 19.4 Å². The molecule has 1 saturated heterocycles. The van der Waals surface area contributed by atoms with Crippen molar-refractivity contribution in [2.75, 3.05) is 0 Å². The number of aldehydes is 1. The minimum atomic E-state index is -1.15. The number of aliphatic hydroxyl groups excluding tert-OH is 1. The molecule has 56 valence electrons. The zero-order valence-corrected chi connectivity index (χ0v) is 5.32. The summed E-state index contributed by atoms with van der Waals surface area (Å²) in [6.45, 7) is 0. The average Bonchev–Trinajstić information content (AvgIpc) is 2.34. The van der Waals surface area contributed by atoms with Gasteiger partial charge in [0.25, 0.3) is 0 Å². The molecule has 4 heteroatoms. The van der Waals surface area contributed by atoms with Crippen LogP contribution in [0.4, 0.5) is 0 Å². The van der Waals surface area contributed by atoms with Crippen LogP contribution in [0.25, 0.3) is 0 Å². The molecule has 1 aliphatic heterocycles. The Morgan fingerprint density at radius 1 is 1.80 bits per heavy atom. The highest BCUT2D eigenvalue weighted by atomic mass is 16.6. The fraction of sp³-hybridized carbons (Fsp3) is 0.667. The van der Waals surface area contributed by atoms with Crippen LogP contribution in [-0.2, 0) is 14.3 Å². The summed E-state index contributed by atoms with van der Waals surface area (Å²) in [4.78, 5) is 20.4. The van der Waals surface area contributed by atoms with Crippen molar-refractivity contribution in [2.24, 2.45) is 0 Å². The van der Waals surface area contributed by atoms with Crippen LogP contribution in [0.5, 0.6) is 0 Å². The molecular weight excluding hydrogens is 136 g/mol. The Kier molecular flexibility index (Phi) is 2.01. The molecular formula is C6H8O4. The normalized spacial score (nSPS) is 27.7. The first kappa shape index (κ1) is 7.21. The number of cyclic esters (lactones) is 1. The number of carbonyl (C=O) groups is 2. The maximum Gasteiger partial charge on any atom is 0.306 e. The lowest BCUT2D eigenvalue weighted by Crippen LogP contribution is -2.26. The summed E-state index contributed by atoms with van der Waals surface area (Å²) in [5.41, 5.74) is 0. The standard InChI is InChI=1S/C6H8O4/c7-3-4(8)5-1-2-6(9)10-5/h3-5,8H,1-2H2. The van der Waals surface area contributed by atoms with E-state index >= 15 is 0 Å². The molecule has 0 radical (unpaired) electrons. The van der Waals surface area contributed by atoms with Gasteiger partial charge in [-0.3, -0.25) is 4.79 Å². The van der Waals surface area contributed by atoms with Crippen molar-refractivity contribution >= 4 is 12.3 Å². The molecule has 2 atom stereocenters. The quantitative estimate of drug-likeness (QED) is 0.409. The van der Waals surface area contributed by atoms with E-state index in [0.29, 0.717) is 19.1 Å². The molecule has 0 saturated carbocycles. The second-order valence-corrected chi connectivity index (χ2v) is 2.19. The Hall–Kier alpha value is -0.900. The van der Waals surface area contributed by atoms with E-state index in [2.05, 4.69) is 4.74 Å². The molecule has 0 aromatic carbocycles. The monoisotopic (exact) mass is 144 g/mol. The van der Waals surface area contributed by atoms with Crippen molar-refractivity contribution in [3.8, 4) is 0 Å². The third kappa shape index (κ3) is 1.33. The minimum absolute atomic E-state index is 0.301. The first-order valence-electron chi connectivity index (χ1n) is 3.07. The molecule has 10 heavy (non-hydrogen) atoms. The van der Waals surface area contributed by atoms with Crippen LogP contribution in [0.15, 0.2) is 0 Å². The fourth-order valence-corrected chi connectivity index (χ4v) is 0.875. The lowest BCUT2D eigenvalue weighted by molar-refractivity contribution is -0.146. The molecule has 4 nitrogen and oxygen atoms in total. The van der Waals surface area contributed by atoms with Crippen molar-refractivity contribution in [3.63, 3.8) is 0 Å². The second kappa shape index (κ2) is 2.79. The van der Waals surface area contributed by atoms with E-state index in [1.165, 1.54) is 0 Å². The molecule has 0 bridgehead atoms.